The van der Waals surface area contributed by atoms with Crippen LogP contribution in [-0.2, 0) is 14.3 Å². The minimum Gasteiger partial charge on any atom is -0.466 e. The number of benzene rings is 1. The lowest BCUT2D eigenvalue weighted by atomic mass is 9.85. The quantitative estimate of drug-likeness (QED) is 0.546. The van der Waals surface area contributed by atoms with Gasteiger partial charge >= 0.3 is 5.97 Å². The summed E-state index contributed by atoms with van der Waals surface area (Å²) in [6, 6.07) is 9.56. The number of rotatable bonds is 8. The summed E-state index contributed by atoms with van der Waals surface area (Å²) in [5.74, 6) is -1.67. The molecule has 2 rings (SSSR count). The molecule has 0 unspecified atom stereocenters. The van der Waals surface area contributed by atoms with E-state index in [0.717, 1.165) is 10.4 Å². The molecule has 0 aliphatic carbocycles. The summed E-state index contributed by atoms with van der Waals surface area (Å²) in [5.41, 5.74) is 1.32. The molecule has 1 aromatic carbocycles. The fourth-order valence-electron chi connectivity index (χ4n) is 2.85. The van der Waals surface area contributed by atoms with Crippen LogP contribution in [0, 0.1) is 12.8 Å². The monoisotopic (exact) mass is 388 g/mol. The maximum absolute atomic E-state index is 12.5. The van der Waals surface area contributed by atoms with Gasteiger partial charge < -0.3 is 10.1 Å². The number of anilines is 1. The van der Waals surface area contributed by atoms with E-state index in [9.17, 15) is 14.4 Å². The third kappa shape index (κ3) is 5.47. The lowest BCUT2D eigenvalue weighted by Crippen LogP contribution is -2.28. The topological polar surface area (TPSA) is 85.4 Å². The molecule has 0 spiro atoms. The molecule has 0 fully saturated rings. The molecule has 2 aromatic rings. The van der Waals surface area contributed by atoms with E-state index in [1.54, 1.807) is 13.8 Å². The second-order valence-electron chi connectivity index (χ2n) is 6.29. The Balaban J connectivity index is 2.14. The van der Waals surface area contributed by atoms with Gasteiger partial charge in [0.15, 0.2) is 10.9 Å². The van der Waals surface area contributed by atoms with Gasteiger partial charge in [-0.05, 0) is 25.3 Å². The maximum Gasteiger partial charge on any atom is 0.310 e. The highest BCUT2D eigenvalue weighted by molar-refractivity contribution is 7.16. The van der Waals surface area contributed by atoms with Crippen LogP contribution in [0.3, 0.4) is 0 Å². The van der Waals surface area contributed by atoms with Gasteiger partial charge in [-0.3, -0.25) is 14.4 Å². The summed E-state index contributed by atoms with van der Waals surface area (Å²) in [7, 11) is 0. The van der Waals surface area contributed by atoms with Crippen molar-refractivity contribution in [2.45, 2.75) is 40.0 Å². The van der Waals surface area contributed by atoms with E-state index in [4.69, 9.17) is 4.74 Å². The van der Waals surface area contributed by atoms with Crippen molar-refractivity contribution >= 4 is 34.1 Å². The first-order chi connectivity index (χ1) is 12.8. The number of carbonyl (C=O) groups is 3. The highest BCUT2D eigenvalue weighted by Gasteiger charge is 2.30. The van der Waals surface area contributed by atoms with Crippen LogP contribution in [0.25, 0.3) is 0 Å². The zero-order valence-electron chi connectivity index (χ0n) is 15.9. The fourth-order valence-corrected chi connectivity index (χ4v) is 3.73. The van der Waals surface area contributed by atoms with Crippen LogP contribution in [0.5, 0.6) is 0 Å². The number of nitrogens with zero attached hydrogens (tertiary/aromatic N) is 1. The second-order valence-corrected chi connectivity index (χ2v) is 7.49. The molecule has 7 heteroatoms. The van der Waals surface area contributed by atoms with Crippen molar-refractivity contribution in [1.82, 2.24) is 4.98 Å². The normalized spacial score (nSPS) is 12.9. The number of amides is 1. The Morgan fingerprint density at radius 2 is 1.89 bits per heavy atom. The molecule has 0 aliphatic rings. The van der Waals surface area contributed by atoms with Crippen LogP contribution in [0.2, 0.25) is 0 Å². The molecule has 0 aliphatic heterocycles. The number of Topliss-reactive ketones (excluding diaryl/α,β-unsaturated/α-hetero) is 1. The van der Waals surface area contributed by atoms with Gasteiger partial charge in [0, 0.05) is 18.2 Å². The molecule has 1 aromatic heterocycles. The average molecular weight is 388 g/mol. The van der Waals surface area contributed by atoms with Gasteiger partial charge in [0.25, 0.3) is 0 Å². The van der Waals surface area contributed by atoms with Gasteiger partial charge in [-0.15, -0.1) is 11.3 Å². The van der Waals surface area contributed by atoms with E-state index in [-0.39, 0.29) is 30.6 Å². The van der Waals surface area contributed by atoms with Crippen LogP contribution in [0.15, 0.2) is 30.3 Å². The molecule has 144 valence electrons. The Labute approximate surface area is 163 Å². The third-order valence-electron chi connectivity index (χ3n) is 4.30. The van der Waals surface area contributed by atoms with Crippen LogP contribution in [0.1, 0.15) is 54.0 Å². The zero-order valence-corrected chi connectivity index (χ0v) is 16.8. The highest BCUT2D eigenvalue weighted by Crippen LogP contribution is 2.29. The lowest BCUT2D eigenvalue weighted by molar-refractivity contribution is -0.150. The van der Waals surface area contributed by atoms with Crippen molar-refractivity contribution in [3.05, 3.63) is 46.5 Å². The summed E-state index contributed by atoms with van der Waals surface area (Å²) in [4.78, 5) is 41.4. The molecule has 1 heterocycles. The number of aryl methyl sites for hydroxylation is 1. The van der Waals surface area contributed by atoms with Crippen molar-refractivity contribution in [2.75, 3.05) is 11.9 Å². The van der Waals surface area contributed by atoms with Crippen LogP contribution in [-0.4, -0.2) is 29.3 Å². The molecule has 27 heavy (non-hydrogen) atoms. The summed E-state index contributed by atoms with van der Waals surface area (Å²) in [5, 5.41) is 3.06. The van der Waals surface area contributed by atoms with Crippen LogP contribution in [0.4, 0.5) is 5.13 Å². The number of nitrogens with one attached hydrogen (secondary N) is 1. The summed E-state index contributed by atoms with van der Waals surface area (Å²) in [6.07, 6.45) is -0.0249. The standard InChI is InChI=1S/C20H24N2O4S/c1-5-26-19(25)16(12(2)15-9-7-6-8-10-15)11-17(24)21-20-22-18(13(3)23)14(4)27-20/h6-10,12,16H,5,11H2,1-4H3,(H,21,22,24)/t12-,16-/m0/s1. The lowest BCUT2D eigenvalue weighted by Gasteiger charge is -2.22. The number of hydrogen-bond acceptors (Lipinski definition) is 6. The van der Waals surface area contributed by atoms with E-state index >= 15 is 0 Å². The first kappa shape index (κ1) is 20.8. The molecule has 0 radical (unpaired) electrons. The number of ether oxygens (including phenoxy) is 1. The number of aromatic nitrogens is 1. The van der Waals surface area contributed by atoms with Crippen molar-refractivity contribution in [1.29, 1.82) is 0 Å². The van der Waals surface area contributed by atoms with Gasteiger partial charge in [0.05, 0.1) is 12.5 Å². The Kier molecular flexibility index (Phi) is 7.24. The first-order valence-electron chi connectivity index (χ1n) is 8.83. The molecular formula is C20H24N2O4S. The van der Waals surface area contributed by atoms with Crippen LogP contribution < -0.4 is 5.32 Å². The molecule has 1 N–H and O–H groups in total. The molecular weight excluding hydrogens is 364 g/mol. The molecule has 0 bridgehead atoms. The highest BCUT2D eigenvalue weighted by atomic mass is 32.1. The first-order valence-corrected chi connectivity index (χ1v) is 9.64. The molecule has 2 atom stereocenters. The van der Waals surface area contributed by atoms with Crippen molar-refractivity contribution in [2.24, 2.45) is 5.92 Å². The molecule has 6 nitrogen and oxygen atoms in total. The van der Waals surface area contributed by atoms with Gasteiger partial charge in [0.2, 0.25) is 5.91 Å². The van der Waals surface area contributed by atoms with E-state index < -0.39 is 11.9 Å². The van der Waals surface area contributed by atoms with E-state index in [2.05, 4.69) is 10.3 Å². The largest absolute Gasteiger partial charge is 0.466 e. The molecule has 0 saturated heterocycles. The average Bonchev–Trinajstić information content (AvgIpc) is 3.00. The summed E-state index contributed by atoms with van der Waals surface area (Å²) in [6.45, 7) is 7.12. The Morgan fingerprint density at radius 3 is 2.44 bits per heavy atom. The summed E-state index contributed by atoms with van der Waals surface area (Å²) >= 11 is 1.24. The number of carbonyl (C=O) groups excluding carboxylic acids is 3. The van der Waals surface area contributed by atoms with Crippen LogP contribution >= 0.6 is 11.3 Å². The number of ketones is 1. The predicted octanol–water partition coefficient (Wildman–Crippen LogP) is 3.97. The van der Waals surface area contributed by atoms with Gasteiger partial charge in [-0.25, -0.2) is 4.98 Å². The Morgan fingerprint density at radius 1 is 1.22 bits per heavy atom. The zero-order chi connectivity index (χ0) is 20.0. The number of hydrogen-bond donors (Lipinski definition) is 1. The van der Waals surface area contributed by atoms with E-state index in [1.165, 1.54) is 18.3 Å². The SMILES string of the molecule is CCOC(=O)[C@@H](CC(=O)Nc1nc(C(C)=O)c(C)s1)[C@@H](C)c1ccccc1. The minimum absolute atomic E-state index is 0.0249. The predicted molar refractivity (Wildman–Crippen MR) is 105 cm³/mol. The van der Waals surface area contributed by atoms with Gasteiger partial charge in [-0.1, -0.05) is 37.3 Å². The molecule has 1 amide bonds. The number of thiazole rings is 1. The molecule has 0 saturated carbocycles. The van der Waals surface area contributed by atoms with E-state index in [0.29, 0.717) is 10.8 Å². The fraction of sp³-hybridized carbons (Fsp3) is 0.400. The van der Waals surface area contributed by atoms with Crippen molar-refractivity contribution in [3.8, 4) is 0 Å². The minimum atomic E-state index is -0.610. The summed E-state index contributed by atoms with van der Waals surface area (Å²) < 4.78 is 5.18. The van der Waals surface area contributed by atoms with Crippen molar-refractivity contribution < 1.29 is 19.1 Å². The number of esters is 1. The van der Waals surface area contributed by atoms with Gasteiger partial charge in [-0.2, -0.15) is 0 Å². The van der Waals surface area contributed by atoms with Gasteiger partial charge in [0.1, 0.15) is 5.69 Å². The Hall–Kier alpha value is -2.54. The second kappa shape index (κ2) is 9.41. The van der Waals surface area contributed by atoms with Crippen molar-refractivity contribution in [3.63, 3.8) is 0 Å². The van der Waals surface area contributed by atoms with E-state index in [1.807, 2.05) is 37.3 Å². The third-order valence-corrected chi connectivity index (χ3v) is 5.19. The maximum atomic E-state index is 12.5. The Bertz CT molecular complexity index is 817. The smallest absolute Gasteiger partial charge is 0.310 e.